The van der Waals surface area contributed by atoms with Gasteiger partial charge in [0.2, 0.25) is 0 Å². The maximum Gasteiger partial charge on any atom is 0.255 e. The number of carbonyl (C=O) groups is 1. The highest BCUT2D eigenvalue weighted by Gasteiger charge is 2.15. The van der Waals surface area contributed by atoms with Crippen LogP contribution in [0, 0.1) is 20.8 Å². The molecular formula is C16H24N4O. The zero-order valence-electron chi connectivity index (χ0n) is 13.6. The van der Waals surface area contributed by atoms with Gasteiger partial charge in [-0.2, -0.15) is 5.10 Å². The molecule has 0 N–H and O–H groups in total. The average molecular weight is 288 g/mol. The Morgan fingerprint density at radius 2 is 2.05 bits per heavy atom. The van der Waals surface area contributed by atoms with Crippen molar-refractivity contribution in [3.63, 3.8) is 0 Å². The van der Waals surface area contributed by atoms with Crippen LogP contribution in [0.4, 0.5) is 0 Å². The summed E-state index contributed by atoms with van der Waals surface area (Å²) < 4.78 is 3.97. The minimum atomic E-state index is 0.0847. The Balaban J connectivity index is 1.90. The van der Waals surface area contributed by atoms with Crippen molar-refractivity contribution in [2.75, 3.05) is 13.6 Å². The number of aromatic nitrogens is 3. The molecule has 5 nitrogen and oxygen atoms in total. The van der Waals surface area contributed by atoms with E-state index in [1.54, 1.807) is 4.90 Å². The molecule has 0 fully saturated rings. The van der Waals surface area contributed by atoms with Crippen molar-refractivity contribution in [1.82, 2.24) is 19.2 Å². The fourth-order valence-electron chi connectivity index (χ4n) is 2.50. The largest absolute Gasteiger partial charge is 0.354 e. The van der Waals surface area contributed by atoms with Gasteiger partial charge in [0.25, 0.3) is 5.91 Å². The van der Waals surface area contributed by atoms with E-state index in [4.69, 9.17) is 0 Å². The van der Waals surface area contributed by atoms with Gasteiger partial charge in [-0.25, -0.2) is 0 Å². The number of hydrogen-bond donors (Lipinski definition) is 0. The van der Waals surface area contributed by atoms with E-state index in [9.17, 15) is 4.79 Å². The Hall–Kier alpha value is -2.04. The molecule has 0 aliphatic carbocycles. The van der Waals surface area contributed by atoms with Crippen LogP contribution in [0.3, 0.4) is 0 Å². The van der Waals surface area contributed by atoms with Gasteiger partial charge in [0.1, 0.15) is 0 Å². The van der Waals surface area contributed by atoms with Crippen molar-refractivity contribution in [1.29, 1.82) is 0 Å². The van der Waals surface area contributed by atoms with E-state index in [0.717, 1.165) is 36.5 Å². The summed E-state index contributed by atoms with van der Waals surface area (Å²) in [7, 11) is 3.81. The lowest BCUT2D eigenvalue weighted by molar-refractivity contribution is 0.0790. The first-order chi connectivity index (χ1) is 9.90. The number of amides is 1. The van der Waals surface area contributed by atoms with E-state index in [1.165, 1.54) is 5.69 Å². The Kier molecular flexibility index (Phi) is 4.50. The predicted octanol–water partition coefficient (Wildman–Crippen LogP) is 2.31. The van der Waals surface area contributed by atoms with Gasteiger partial charge in [-0.05, 0) is 39.3 Å². The quantitative estimate of drug-likeness (QED) is 0.847. The highest BCUT2D eigenvalue weighted by molar-refractivity contribution is 5.95. The third kappa shape index (κ3) is 3.35. The summed E-state index contributed by atoms with van der Waals surface area (Å²) in [6, 6.07) is 3.96. The maximum atomic E-state index is 12.4. The second kappa shape index (κ2) is 6.16. The van der Waals surface area contributed by atoms with E-state index in [0.29, 0.717) is 0 Å². The van der Waals surface area contributed by atoms with Gasteiger partial charge >= 0.3 is 0 Å². The molecule has 0 spiro atoms. The van der Waals surface area contributed by atoms with Crippen LogP contribution in [0.25, 0.3) is 0 Å². The molecule has 2 heterocycles. The molecule has 0 radical (unpaired) electrons. The number of hydrogen-bond acceptors (Lipinski definition) is 2. The maximum absolute atomic E-state index is 12.4. The van der Waals surface area contributed by atoms with Crippen molar-refractivity contribution < 1.29 is 4.79 Å². The second-order valence-corrected chi connectivity index (χ2v) is 5.66. The summed E-state index contributed by atoms with van der Waals surface area (Å²) in [5.74, 6) is 0.0847. The molecule has 2 aromatic rings. The molecule has 0 bridgehead atoms. The zero-order chi connectivity index (χ0) is 15.6. The molecule has 1 amide bonds. The molecule has 2 rings (SSSR count). The topological polar surface area (TPSA) is 43.1 Å². The molecule has 114 valence electrons. The highest BCUT2D eigenvalue weighted by Crippen LogP contribution is 2.11. The van der Waals surface area contributed by atoms with Crippen LogP contribution in [0.5, 0.6) is 0 Å². The number of nitrogens with zero attached hydrogens (tertiary/aromatic N) is 4. The molecule has 0 unspecified atom stereocenters. The zero-order valence-corrected chi connectivity index (χ0v) is 13.6. The molecule has 0 atom stereocenters. The minimum absolute atomic E-state index is 0.0847. The fourth-order valence-corrected chi connectivity index (χ4v) is 2.50. The summed E-state index contributed by atoms with van der Waals surface area (Å²) in [6.07, 6.45) is 2.82. The molecule has 0 saturated heterocycles. The van der Waals surface area contributed by atoms with Gasteiger partial charge in [0, 0.05) is 44.8 Å². The fraction of sp³-hybridized carbons (Fsp3) is 0.500. The molecule has 0 aliphatic heterocycles. The first-order valence-electron chi connectivity index (χ1n) is 7.28. The predicted molar refractivity (Wildman–Crippen MR) is 83.4 cm³/mol. The van der Waals surface area contributed by atoms with Gasteiger partial charge < -0.3 is 9.47 Å². The first-order valence-corrected chi connectivity index (χ1v) is 7.28. The molecule has 0 aliphatic rings. The van der Waals surface area contributed by atoms with Gasteiger partial charge in [-0.15, -0.1) is 0 Å². The van der Waals surface area contributed by atoms with Gasteiger partial charge in [-0.1, -0.05) is 0 Å². The summed E-state index contributed by atoms with van der Waals surface area (Å²) in [5.41, 5.74) is 3.99. The molecule has 2 aromatic heterocycles. The van der Waals surface area contributed by atoms with Crippen molar-refractivity contribution in [3.8, 4) is 0 Å². The smallest absolute Gasteiger partial charge is 0.255 e. The lowest BCUT2D eigenvalue weighted by Crippen LogP contribution is -2.29. The third-order valence-electron chi connectivity index (χ3n) is 3.93. The first kappa shape index (κ1) is 15.4. The lowest BCUT2D eigenvalue weighted by atomic mass is 10.2. The van der Waals surface area contributed by atoms with Crippen molar-refractivity contribution in [3.05, 3.63) is 41.0 Å². The lowest BCUT2D eigenvalue weighted by Gasteiger charge is -2.17. The van der Waals surface area contributed by atoms with Crippen LogP contribution in [0.1, 0.15) is 33.9 Å². The van der Waals surface area contributed by atoms with E-state index < -0.39 is 0 Å². The standard InChI is InChI=1S/C16H24N4O/c1-12-11-13(2)20(17-12)9-6-8-19(5)16(21)15-7-10-18(4)14(15)3/h7,10-11H,6,8-9H2,1-5H3. The van der Waals surface area contributed by atoms with Gasteiger partial charge in [0.05, 0.1) is 11.3 Å². The van der Waals surface area contributed by atoms with Crippen molar-refractivity contribution in [2.24, 2.45) is 7.05 Å². The molecule has 0 saturated carbocycles. The molecule has 21 heavy (non-hydrogen) atoms. The van der Waals surface area contributed by atoms with Crippen LogP contribution in [-0.2, 0) is 13.6 Å². The normalized spacial score (nSPS) is 10.9. The van der Waals surface area contributed by atoms with Crippen molar-refractivity contribution >= 4 is 5.91 Å². The van der Waals surface area contributed by atoms with Crippen molar-refractivity contribution in [2.45, 2.75) is 33.7 Å². The van der Waals surface area contributed by atoms with E-state index in [-0.39, 0.29) is 5.91 Å². The second-order valence-electron chi connectivity index (χ2n) is 5.66. The molecule has 0 aromatic carbocycles. The van der Waals surface area contributed by atoms with Gasteiger partial charge in [-0.3, -0.25) is 9.48 Å². The Morgan fingerprint density at radius 1 is 1.33 bits per heavy atom. The Morgan fingerprint density at radius 3 is 2.57 bits per heavy atom. The number of rotatable bonds is 5. The summed E-state index contributed by atoms with van der Waals surface area (Å²) in [5, 5.41) is 4.44. The molecule has 5 heteroatoms. The molecular weight excluding hydrogens is 264 g/mol. The van der Waals surface area contributed by atoms with E-state index in [1.807, 2.05) is 49.5 Å². The van der Waals surface area contributed by atoms with E-state index in [2.05, 4.69) is 18.1 Å². The van der Waals surface area contributed by atoms with Crippen LogP contribution in [-0.4, -0.2) is 38.7 Å². The van der Waals surface area contributed by atoms with Crippen LogP contribution in [0.15, 0.2) is 18.3 Å². The number of aryl methyl sites for hydroxylation is 4. The summed E-state index contributed by atoms with van der Waals surface area (Å²) >= 11 is 0. The number of carbonyl (C=O) groups excluding carboxylic acids is 1. The van der Waals surface area contributed by atoms with Gasteiger partial charge in [0.15, 0.2) is 0 Å². The summed E-state index contributed by atoms with van der Waals surface area (Å²) in [6.45, 7) is 7.59. The van der Waals surface area contributed by atoms with Crippen LogP contribution >= 0.6 is 0 Å². The summed E-state index contributed by atoms with van der Waals surface area (Å²) in [4.78, 5) is 14.2. The van der Waals surface area contributed by atoms with E-state index >= 15 is 0 Å². The highest BCUT2D eigenvalue weighted by atomic mass is 16.2. The van der Waals surface area contributed by atoms with Crippen LogP contribution in [0.2, 0.25) is 0 Å². The SMILES string of the molecule is Cc1cc(C)n(CCCN(C)C(=O)c2ccn(C)c2C)n1. The third-order valence-corrected chi connectivity index (χ3v) is 3.93. The Labute approximate surface area is 126 Å². The monoisotopic (exact) mass is 288 g/mol. The van der Waals surface area contributed by atoms with Crippen LogP contribution < -0.4 is 0 Å². The minimum Gasteiger partial charge on any atom is -0.354 e. The Bertz CT molecular complexity index is 639. The average Bonchev–Trinajstić information content (AvgIpc) is 2.92.